The Labute approximate surface area is 123 Å². The Hall–Kier alpha value is -2.17. The number of benzene rings is 1. The zero-order valence-corrected chi connectivity index (χ0v) is 12.1. The average Bonchev–Trinajstić information content (AvgIpc) is 2.66. The fraction of sp³-hybridized carbons (Fsp3) is 0.438. The number of carbonyl (C=O) groups is 3. The van der Waals surface area contributed by atoms with Gasteiger partial charge in [-0.15, -0.1) is 0 Å². The van der Waals surface area contributed by atoms with Gasteiger partial charge in [0, 0.05) is 12.8 Å². The molecule has 5 heteroatoms. The predicted octanol–water partition coefficient (Wildman–Crippen LogP) is 3.30. The van der Waals surface area contributed by atoms with E-state index in [1.807, 2.05) is 0 Å². The Balaban J connectivity index is 0.000000235. The summed E-state index contributed by atoms with van der Waals surface area (Å²) in [6.45, 7) is 1.48. The molecule has 2 N–H and O–H groups in total. The molecule has 114 valence electrons. The molecule has 5 nitrogen and oxygen atoms in total. The van der Waals surface area contributed by atoms with E-state index in [-0.39, 0.29) is 16.7 Å². The first-order valence-electron chi connectivity index (χ1n) is 7.01. The lowest BCUT2D eigenvalue weighted by Gasteiger charge is -2.03. The maximum absolute atomic E-state index is 10.7. The van der Waals surface area contributed by atoms with Gasteiger partial charge in [-0.1, -0.05) is 18.9 Å². The molecule has 1 saturated carbocycles. The van der Waals surface area contributed by atoms with Crippen LogP contribution >= 0.6 is 0 Å². The van der Waals surface area contributed by atoms with Crippen LogP contribution in [0.3, 0.4) is 0 Å². The van der Waals surface area contributed by atoms with Crippen LogP contribution in [0.1, 0.15) is 64.8 Å². The minimum absolute atomic E-state index is 0.0277. The van der Waals surface area contributed by atoms with Gasteiger partial charge >= 0.3 is 11.9 Å². The van der Waals surface area contributed by atoms with Crippen molar-refractivity contribution in [1.29, 1.82) is 0 Å². The van der Waals surface area contributed by atoms with E-state index in [2.05, 4.69) is 0 Å². The largest absolute Gasteiger partial charge is 0.478 e. The molecule has 1 fully saturated rings. The number of aromatic carboxylic acids is 2. The quantitative estimate of drug-likeness (QED) is 0.816. The van der Waals surface area contributed by atoms with E-state index in [9.17, 15) is 14.4 Å². The Bertz CT molecular complexity index is 491. The summed E-state index contributed by atoms with van der Waals surface area (Å²) in [5.74, 6) is -1.75. The van der Waals surface area contributed by atoms with Crippen LogP contribution in [0.2, 0.25) is 0 Å². The van der Waals surface area contributed by atoms with Gasteiger partial charge in [0.25, 0.3) is 0 Å². The van der Waals surface area contributed by atoms with Gasteiger partial charge in [-0.3, -0.25) is 4.79 Å². The molecule has 0 radical (unpaired) electrons. The van der Waals surface area contributed by atoms with E-state index >= 15 is 0 Å². The van der Waals surface area contributed by atoms with Crippen molar-refractivity contribution in [1.82, 2.24) is 0 Å². The molecular formula is C16H20O5. The number of carbonyl (C=O) groups excluding carboxylic acids is 1. The third kappa shape index (κ3) is 5.38. The van der Waals surface area contributed by atoms with Crippen LogP contribution in [0.15, 0.2) is 18.2 Å². The summed E-state index contributed by atoms with van der Waals surface area (Å²) >= 11 is 0. The summed E-state index contributed by atoms with van der Waals surface area (Å²) in [6, 6.07) is 4.17. The molecule has 0 saturated heterocycles. The van der Waals surface area contributed by atoms with Crippen LogP contribution in [0.25, 0.3) is 0 Å². The number of hydrogen-bond donors (Lipinski definition) is 2. The fourth-order valence-electron chi connectivity index (χ4n) is 2.22. The molecule has 1 aromatic rings. The van der Waals surface area contributed by atoms with Gasteiger partial charge in [-0.25, -0.2) is 9.59 Å². The second kappa shape index (κ2) is 8.19. The number of Topliss-reactive ketones (excluding diaryl/α,β-unsaturated/α-hetero) is 1. The van der Waals surface area contributed by atoms with Crippen LogP contribution in [-0.2, 0) is 4.79 Å². The van der Waals surface area contributed by atoms with E-state index in [4.69, 9.17) is 10.2 Å². The maximum atomic E-state index is 10.7. The number of ketones is 1. The lowest BCUT2D eigenvalue weighted by Crippen LogP contribution is -2.06. The summed E-state index contributed by atoms with van der Waals surface area (Å²) in [4.78, 5) is 31.9. The molecule has 0 heterocycles. The summed E-state index contributed by atoms with van der Waals surface area (Å²) in [5.41, 5.74) is 0.335. The molecule has 0 spiro atoms. The van der Waals surface area contributed by atoms with Crippen molar-refractivity contribution in [3.05, 3.63) is 34.9 Å². The molecule has 21 heavy (non-hydrogen) atoms. The number of carboxylic acids is 2. The lowest BCUT2D eigenvalue weighted by molar-refractivity contribution is -0.118. The molecular weight excluding hydrogens is 272 g/mol. The predicted molar refractivity (Wildman–Crippen MR) is 77.8 cm³/mol. The highest BCUT2D eigenvalue weighted by molar-refractivity contribution is 5.96. The molecule has 1 aliphatic carbocycles. The molecule has 0 aliphatic heterocycles. The first-order valence-corrected chi connectivity index (χ1v) is 7.01. The first kappa shape index (κ1) is 16.9. The van der Waals surface area contributed by atoms with Crippen LogP contribution in [0.4, 0.5) is 0 Å². The van der Waals surface area contributed by atoms with E-state index < -0.39 is 11.9 Å². The molecule has 0 aromatic heterocycles. The van der Waals surface area contributed by atoms with Crippen molar-refractivity contribution >= 4 is 17.7 Å². The Morgan fingerprint density at radius 1 is 0.905 bits per heavy atom. The molecule has 0 atom stereocenters. The van der Waals surface area contributed by atoms with Crippen molar-refractivity contribution < 1.29 is 24.6 Å². The van der Waals surface area contributed by atoms with Gasteiger partial charge in [0.2, 0.25) is 0 Å². The first-order chi connectivity index (χ1) is 9.93. The second-order valence-corrected chi connectivity index (χ2v) is 5.04. The zero-order valence-electron chi connectivity index (χ0n) is 12.1. The van der Waals surface area contributed by atoms with Gasteiger partial charge in [0.05, 0.1) is 11.1 Å². The molecule has 1 aliphatic rings. The van der Waals surface area contributed by atoms with Gasteiger partial charge in [-0.2, -0.15) is 0 Å². The van der Waals surface area contributed by atoms with Crippen molar-refractivity contribution in [2.75, 3.05) is 0 Å². The molecule has 0 bridgehead atoms. The van der Waals surface area contributed by atoms with E-state index in [0.717, 1.165) is 25.7 Å². The van der Waals surface area contributed by atoms with E-state index in [1.165, 1.54) is 38.0 Å². The minimum Gasteiger partial charge on any atom is -0.478 e. The van der Waals surface area contributed by atoms with Crippen molar-refractivity contribution in [2.24, 2.45) is 0 Å². The van der Waals surface area contributed by atoms with Crippen LogP contribution < -0.4 is 0 Å². The number of rotatable bonds is 2. The van der Waals surface area contributed by atoms with Gasteiger partial charge < -0.3 is 10.2 Å². The number of carboxylic acid groups (broad SMARTS) is 2. The average molecular weight is 292 g/mol. The Morgan fingerprint density at radius 3 is 1.71 bits per heavy atom. The highest BCUT2D eigenvalue weighted by atomic mass is 16.4. The van der Waals surface area contributed by atoms with Gasteiger partial charge in [0.15, 0.2) is 0 Å². The molecule has 1 aromatic carbocycles. The van der Waals surface area contributed by atoms with Crippen molar-refractivity contribution in [3.8, 4) is 0 Å². The smallest absolute Gasteiger partial charge is 0.335 e. The van der Waals surface area contributed by atoms with E-state index in [1.54, 1.807) is 0 Å². The zero-order chi connectivity index (χ0) is 15.8. The Kier molecular flexibility index (Phi) is 6.59. The summed E-state index contributed by atoms with van der Waals surface area (Å²) < 4.78 is 0. The number of hydrogen-bond acceptors (Lipinski definition) is 3. The van der Waals surface area contributed by atoms with Crippen LogP contribution in [0.5, 0.6) is 0 Å². The topological polar surface area (TPSA) is 91.7 Å². The third-order valence-corrected chi connectivity index (χ3v) is 3.46. The lowest BCUT2D eigenvalue weighted by atomic mass is 10.0. The van der Waals surface area contributed by atoms with Crippen molar-refractivity contribution in [2.45, 2.75) is 45.4 Å². The SMILES string of the molecule is Cc1c(C(=O)O)cccc1C(=O)O.O=C1CCCCCC1. The van der Waals surface area contributed by atoms with E-state index in [0.29, 0.717) is 5.78 Å². The molecule has 2 rings (SSSR count). The minimum atomic E-state index is -1.11. The summed E-state index contributed by atoms with van der Waals surface area (Å²) in [7, 11) is 0. The summed E-state index contributed by atoms with van der Waals surface area (Å²) in [6.07, 6.45) is 6.51. The van der Waals surface area contributed by atoms with Gasteiger partial charge in [-0.05, 0) is 37.5 Å². The second-order valence-electron chi connectivity index (χ2n) is 5.04. The highest BCUT2D eigenvalue weighted by Gasteiger charge is 2.13. The molecule has 0 unspecified atom stereocenters. The monoisotopic (exact) mass is 292 g/mol. The highest BCUT2D eigenvalue weighted by Crippen LogP contribution is 2.14. The third-order valence-electron chi connectivity index (χ3n) is 3.46. The fourth-order valence-corrected chi connectivity index (χ4v) is 2.22. The normalized spacial score (nSPS) is 14.6. The Morgan fingerprint density at radius 2 is 1.33 bits per heavy atom. The standard InChI is InChI=1S/C9H8O4.C7H12O/c1-5-6(8(10)11)3-2-4-7(5)9(12)13;8-7-5-3-1-2-4-6-7/h2-4H,1H3,(H,10,11)(H,12,13);1-6H2. The van der Waals surface area contributed by atoms with Crippen LogP contribution in [0, 0.1) is 6.92 Å². The van der Waals surface area contributed by atoms with Crippen molar-refractivity contribution in [3.63, 3.8) is 0 Å². The van der Waals surface area contributed by atoms with Gasteiger partial charge in [0.1, 0.15) is 5.78 Å². The maximum Gasteiger partial charge on any atom is 0.335 e. The molecule has 0 amide bonds. The van der Waals surface area contributed by atoms with Crippen LogP contribution in [-0.4, -0.2) is 27.9 Å². The summed E-state index contributed by atoms with van der Waals surface area (Å²) in [5, 5.41) is 17.4.